The molecule has 2 aromatic carbocycles. The Kier molecular flexibility index (Phi) is 11.4. The van der Waals surface area contributed by atoms with E-state index in [0.29, 0.717) is 0 Å². The molecule has 0 bridgehead atoms. The largest absolute Gasteiger partial charge is 0.497 e. The maximum absolute atomic E-state index is 8.58. The van der Waals surface area contributed by atoms with Gasteiger partial charge >= 0.3 is 0 Å². The fraction of sp³-hybridized carbons (Fsp3) is 0.364. The number of pyridine rings is 1. The zero-order valence-corrected chi connectivity index (χ0v) is 17.2. The van der Waals surface area contributed by atoms with Crippen molar-refractivity contribution >= 4 is 28.1 Å². The third kappa shape index (κ3) is 5.73. The molecule has 142 valence electrons. The van der Waals surface area contributed by atoms with Crippen molar-refractivity contribution in [1.82, 2.24) is 0 Å². The molecule has 0 spiro atoms. The third-order valence-corrected chi connectivity index (χ3v) is 3.73. The number of aromatic nitrogens is 1. The van der Waals surface area contributed by atoms with Gasteiger partial charge in [0.15, 0.2) is 6.20 Å². The Balaban J connectivity index is 0.000000793. The first kappa shape index (κ1) is 23.4. The Morgan fingerprint density at radius 1 is 1.04 bits per heavy atom. The van der Waals surface area contributed by atoms with Crippen molar-refractivity contribution < 1.29 is 14.1 Å². The van der Waals surface area contributed by atoms with Gasteiger partial charge in [0.2, 0.25) is 11.9 Å². The molecule has 0 radical (unpaired) electrons. The molecule has 3 rings (SSSR count). The molecule has 0 saturated carbocycles. The molecule has 0 aliphatic heterocycles. The summed E-state index contributed by atoms with van der Waals surface area (Å²) in [5.74, 6) is 0.900. The summed E-state index contributed by atoms with van der Waals surface area (Å²) < 4.78 is 7.49. The van der Waals surface area contributed by atoms with Gasteiger partial charge in [0.1, 0.15) is 12.8 Å². The van der Waals surface area contributed by atoms with Crippen LogP contribution in [0, 0.1) is 0 Å². The highest BCUT2D eigenvalue weighted by molar-refractivity contribution is 6.04. The van der Waals surface area contributed by atoms with Gasteiger partial charge in [-0.25, -0.2) is 4.57 Å². The van der Waals surface area contributed by atoms with E-state index < -0.39 is 0 Å². The van der Waals surface area contributed by atoms with Gasteiger partial charge < -0.3 is 10.5 Å². The van der Waals surface area contributed by atoms with E-state index in [1.807, 2.05) is 33.8 Å². The minimum absolute atomic E-state index is 0.250. The number of primary amides is 1. The van der Waals surface area contributed by atoms with E-state index in [1.54, 1.807) is 7.11 Å². The van der Waals surface area contributed by atoms with Crippen LogP contribution < -0.4 is 15.0 Å². The lowest BCUT2D eigenvalue weighted by molar-refractivity contribution is -0.643. The van der Waals surface area contributed by atoms with Crippen LogP contribution in [0.1, 0.15) is 40.2 Å². The average molecular weight is 358 g/mol. The van der Waals surface area contributed by atoms with Crippen molar-refractivity contribution in [3.63, 3.8) is 0 Å². The number of methoxy groups -OCH3 is 1. The summed E-state index contributed by atoms with van der Waals surface area (Å²) in [6.07, 6.45) is 3.48. The number of hydrogen-bond donors (Lipinski definition) is 1. The number of nitrogens with zero attached hydrogens (tertiary/aromatic N) is 1. The van der Waals surface area contributed by atoms with Gasteiger partial charge in [-0.15, -0.1) is 0 Å². The maximum atomic E-state index is 8.58. The Hall–Kier alpha value is -2.62. The van der Waals surface area contributed by atoms with Crippen LogP contribution in [0.25, 0.3) is 21.7 Å². The third-order valence-electron chi connectivity index (χ3n) is 3.73. The number of nitrogens with two attached hydrogens (primary N) is 1. The number of benzene rings is 2. The molecule has 0 atom stereocenters. The van der Waals surface area contributed by atoms with Crippen molar-refractivity contribution in [2.75, 3.05) is 7.11 Å². The lowest BCUT2D eigenvalue weighted by Gasteiger charge is -2.06. The predicted molar refractivity (Wildman–Crippen MR) is 112 cm³/mol. The minimum atomic E-state index is 0.250. The van der Waals surface area contributed by atoms with Crippen LogP contribution in [0.15, 0.2) is 42.6 Å². The molecular formula is C22H33N2O2+. The molecule has 0 saturated heterocycles. The van der Waals surface area contributed by atoms with E-state index in [9.17, 15) is 0 Å². The van der Waals surface area contributed by atoms with Crippen LogP contribution in [0.5, 0.6) is 5.75 Å². The van der Waals surface area contributed by atoms with E-state index in [2.05, 4.69) is 60.8 Å². The molecular weight excluding hydrogens is 324 g/mol. The Morgan fingerprint density at radius 2 is 1.62 bits per heavy atom. The van der Waals surface area contributed by atoms with Crippen molar-refractivity contribution in [2.24, 2.45) is 12.8 Å². The molecule has 3 aromatic rings. The number of ether oxygens (including phenoxy) is 1. The van der Waals surface area contributed by atoms with Crippen LogP contribution in [0.4, 0.5) is 0 Å². The number of carbonyl (C=O) groups is 1. The Bertz CT molecular complexity index is 814. The number of rotatable bonds is 2. The molecule has 4 heteroatoms. The van der Waals surface area contributed by atoms with Crippen LogP contribution >= 0.6 is 0 Å². The van der Waals surface area contributed by atoms with Gasteiger partial charge in [0.25, 0.3) is 0 Å². The van der Waals surface area contributed by atoms with E-state index in [-0.39, 0.29) is 6.41 Å². The highest BCUT2D eigenvalue weighted by atomic mass is 16.5. The minimum Gasteiger partial charge on any atom is -0.497 e. The Morgan fingerprint density at radius 3 is 2.15 bits per heavy atom. The predicted octanol–water partition coefficient (Wildman–Crippen LogP) is 4.54. The molecule has 0 fully saturated rings. The number of amides is 1. The second-order valence-electron chi connectivity index (χ2n) is 5.03. The Labute approximate surface area is 157 Å². The van der Waals surface area contributed by atoms with E-state index in [1.165, 1.54) is 27.2 Å². The summed E-state index contributed by atoms with van der Waals surface area (Å²) in [5.41, 5.74) is 6.81. The summed E-state index contributed by atoms with van der Waals surface area (Å²) in [7, 11) is 3.80. The first-order valence-corrected chi connectivity index (χ1v) is 9.19. The quantitative estimate of drug-likeness (QED) is 0.416. The van der Waals surface area contributed by atoms with Gasteiger partial charge in [0, 0.05) is 11.5 Å². The molecule has 0 unspecified atom stereocenters. The molecule has 0 aliphatic rings. The zero-order chi connectivity index (χ0) is 20.1. The number of carbonyl (C=O) groups excluding carboxylic acids is 1. The monoisotopic (exact) mass is 357 g/mol. The van der Waals surface area contributed by atoms with E-state index in [4.69, 9.17) is 9.53 Å². The van der Waals surface area contributed by atoms with Crippen LogP contribution in [0.2, 0.25) is 0 Å². The maximum Gasteiger partial charge on any atom is 0.213 e. The zero-order valence-electron chi connectivity index (χ0n) is 17.2. The second kappa shape index (κ2) is 12.7. The fourth-order valence-electron chi connectivity index (χ4n) is 2.61. The van der Waals surface area contributed by atoms with Crippen molar-refractivity contribution in [1.29, 1.82) is 0 Å². The summed E-state index contributed by atoms with van der Waals surface area (Å²) in [4.78, 5) is 8.58. The van der Waals surface area contributed by atoms with Crippen molar-refractivity contribution in [3.8, 4) is 5.75 Å². The van der Waals surface area contributed by atoms with Crippen LogP contribution in [-0.2, 0) is 18.3 Å². The smallest absolute Gasteiger partial charge is 0.213 e. The van der Waals surface area contributed by atoms with Gasteiger partial charge in [-0.3, -0.25) is 4.79 Å². The standard InChI is InChI=1S/C17H18NO.2C2H6.CH3NO/c1-4-12-5-7-16-15-8-6-14(19-3)10-13(15)11-18(2)17(16)9-12;2*1-2;2-1-3/h5-11H,4H2,1-3H3;2*1-2H3;1H,(H2,2,3)/q+1;;;. The van der Waals surface area contributed by atoms with Gasteiger partial charge in [-0.1, -0.05) is 40.7 Å². The van der Waals surface area contributed by atoms with Gasteiger partial charge in [0.05, 0.1) is 17.9 Å². The fourth-order valence-corrected chi connectivity index (χ4v) is 2.61. The summed E-state index contributed by atoms with van der Waals surface area (Å²) >= 11 is 0. The molecule has 2 N–H and O–H groups in total. The summed E-state index contributed by atoms with van der Waals surface area (Å²) in [5, 5.41) is 3.77. The molecule has 4 nitrogen and oxygen atoms in total. The summed E-state index contributed by atoms with van der Waals surface area (Å²) in [6.45, 7) is 10.2. The topological polar surface area (TPSA) is 56.2 Å². The molecule has 26 heavy (non-hydrogen) atoms. The van der Waals surface area contributed by atoms with E-state index >= 15 is 0 Å². The van der Waals surface area contributed by atoms with Gasteiger partial charge in [-0.2, -0.15) is 0 Å². The molecule has 1 aromatic heterocycles. The van der Waals surface area contributed by atoms with Crippen LogP contribution in [-0.4, -0.2) is 13.5 Å². The van der Waals surface area contributed by atoms with Crippen LogP contribution in [0.3, 0.4) is 0 Å². The molecule has 1 heterocycles. The normalized spacial score (nSPS) is 9.04. The second-order valence-corrected chi connectivity index (χ2v) is 5.03. The SMILES string of the molecule is CC.CC.CCc1ccc2c3ccc(OC)cc3c[n+](C)c2c1.NC=O. The molecule has 1 amide bonds. The highest BCUT2D eigenvalue weighted by Crippen LogP contribution is 2.26. The number of aryl methyl sites for hydroxylation is 2. The van der Waals surface area contributed by atoms with Gasteiger partial charge in [-0.05, 0) is 36.2 Å². The first-order valence-electron chi connectivity index (χ1n) is 9.19. The number of hydrogen-bond acceptors (Lipinski definition) is 2. The van der Waals surface area contributed by atoms with E-state index in [0.717, 1.165) is 12.2 Å². The van der Waals surface area contributed by atoms with Crippen molar-refractivity contribution in [2.45, 2.75) is 41.0 Å². The first-order chi connectivity index (χ1) is 12.6. The lowest BCUT2D eigenvalue weighted by atomic mass is 10.0. The average Bonchev–Trinajstić information content (AvgIpc) is 2.71. The highest BCUT2D eigenvalue weighted by Gasteiger charge is 2.11. The lowest BCUT2D eigenvalue weighted by Crippen LogP contribution is -2.28. The number of fused-ring (bicyclic) bond motifs is 3. The van der Waals surface area contributed by atoms with Crippen molar-refractivity contribution in [3.05, 3.63) is 48.2 Å². The molecule has 0 aliphatic carbocycles. The summed E-state index contributed by atoms with van der Waals surface area (Å²) in [6, 6.07) is 13.0.